The number of sulfonamides is 1. The maximum Gasteiger partial charge on any atom is 0.243 e. The number of nitrogens with zero attached hydrogens (tertiary/aromatic N) is 1. The first-order valence-electron chi connectivity index (χ1n) is 7.54. The van der Waals surface area contributed by atoms with Crippen LogP contribution < -0.4 is 4.74 Å². The number of hydrogen-bond acceptors (Lipinski definition) is 3. The second-order valence-electron chi connectivity index (χ2n) is 5.63. The second-order valence-corrected chi connectivity index (χ2v) is 8.33. The standard InChI is InChI=1S/C17H17Cl2NO3S/c1-23-13-5-2-4-12(10-13)17-6-3-9-20(17)24(21,22)14-7-8-15(18)16(19)11-14/h2,4-5,7-8,10-11,17H,3,6,9H2,1H3/t17-/m1/s1. The summed E-state index contributed by atoms with van der Waals surface area (Å²) in [6.07, 6.45) is 1.58. The maximum atomic E-state index is 13.0. The highest BCUT2D eigenvalue weighted by Gasteiger charge is 2.36. The topological polar surface area (TPSA) is 46.6 Å². The molecular weight excluding hydrogens is 369 g/mol. The molecule has 0 unspecified atom stereocenters. The minimum absolute atomic E-state index is 0.159. The molecule has 1 heterocycles. The highest BCUT2D eigenvalue weighted by atomic mass is 35.5. The van der Waals surface area contributed by atoms with E-state index in [2.05, 4.69) is 0 Å². The van der Waals surface area contributed by atoms with Gasteiger partial charge in [0.15, 0.2) is 0 Å². The number of rotatable bonds is 4. The molecule has 24 heavy (non-hydrogen) atoms. The van der Waals surface area contributed by atoms with Crippen LogP contribution in [0.25, 0.3) is 0 Å². The van der Waals surface area contributed by atoms with E-state index in [0.29, 0.717) is 17.3 Å². The van der Waals surface area contributed by atoms with Gasteiger partial charge in [-0.3, -0.25) is 0 Å². The molecule has 1 aliphatic rings. The number of halogens is 2. The Kier molecular flexibility index (Phi) is 5.06. The molecule has 7 heteroatoms. The van der Waals surface area contributed by atoms with Crippen LogP contribution in [-0.2, 0) is 10.0 Å². The molecule has 0 radical (unpaired) electrons. The molecular formula is C17H17Cl2NO3S. The molecule has 2 aromatic rings. The molecule has 3 rings (SSSR count). The molecule has 0 spiro atoms. The number of methoxy groups -OCH3 is 1. The van der Waals surface area contributed by atoms with Crippen LogP contribution in [-0.4, -0.2) is 26.4 Å². The minimum Gasteiger partial charge on any atom is -0.497 e. The van der Waals surface area contributed by atoms with Gasteiger partial charge in [0, 0.05) is 6.54 Å². The Morgan fingerprint density at radius 3 is 2.62 bits per heavy atom. The third kappa shape index (κ3) is 3.26. The minimum atomic E-state index is -3.65. The summed E-state index contributed by atoms with van der Waals surface area (Å²) >= 11 is 11.9. The molecule has 0 amide bonds. The van der Waals surface area contributed by atoms with Crippen LogP contribution in [0.2, 0.25) is 10.0 Å². The number of ether oxygens (including phenoxy) is 1. The van der Waals surface area contributed by atoms with Gasteiger partial charge in [0.05, 0.1) is 28.1 Å². The molecule has 1 saturated heterocycles. The van der Waals surface area contributed by atoms with Gasteiger partial charge in [-0.15, -0.1) is 0 Å². The summed E-state index contributed by atoms with van der Waals surface area (Å²) in [4.78, 5) is 0.159. The van der Waals surface area contributed by atoms with Crippen LogP contribution in [0, 0.1) is 0 Å². The lowest BCUT2D eigenvalue weighted by atomic mass is 10.1. The maximum absolute atomic E-state index is 13.0. The monoisotopic (exact) mass is 385 g/mol. The van der Waals surface area contributed by atoms with Crippen molar-refractivity contribution in [1.29, 1.82) is 0 Å². The molecule has 0 saturated carbocycles. The molecule has 1 atom stereocenters. The average molecular weight is 386 g/mol. The third-order valence-electron chi connectivity index (χ3n) is 4.18. The molecule has 2 aromatic carbocycles. The van der Waals surface area contributed by atoms with Gasteiger partial charge in [0.1, 0.15) is 5.75 Å². The molecule has 1 fully saturated rings. The van der Waals surface area contributed by atoms with E-state index in [1.807, 2.05) is 24.3 Å². The summed E-state index contributed by atoms with van der Waals surface area (Å²) in [6.45, 7) is 0.477. The van der Waals surface area contributed by atoms with Crippen molar-refractivity contribution in [3.8, 4) is 5.75 Å². The van der Waals surface area contributed by atoms with E-state index in [1.165, 1.54) is 22.5 Å². The highest BCUT2D eigenvalue weighted by Crippen LogP contribution is 2.38. The molecule has 0 bridgehead atoms. The van der Waals surface area contributed by atoms with E-state index in [4.69, 9.17) is 27.9 Å². The molecule has 1 aliphatic heterocycles. The van der Waals surface area contributed by atoms with Crippen LogP contribution in [0.15, 0.2) is 47.4 Å². The van der Waals surface area contributed by atoms with E-state index in [9.17, 15) is 8.42 Å². The van der Waals surface area contributed by atoms with Crippen LogP contribution >= 0.6 is 23.2 Å². The zero-order valence-corrected chi connectivity index (χ0v) is 15.4. The van der Waals surface area contributed by atoms with Gasteiger partial charge >= 0.3 is 0 Å². The highest BCUT2D eigenvalue weighted by molar-refractivity contribution is 7.89. The Bertz CT molecular complexity index is 855. The smallest absolute Gasteiger partial charge is 0.243 e. The Morgan fingerprint density at radius 2 is 1.92 bits per heavy atom. The third-order valence-corrected chi connectivity index (χ3v) is 6.82. The zero-order valence-electron chi connectivity index (χ0n) is 13.1. The first-order chi connectivity index (χ1) is 11.4. The predicted octanol–water partition coefficient (Wildman–Crippen LogP) is 4.53. The van der Waals surface area contributed by atoms with Crippen molar-refractivity contribution in [2.45, 2.75) is 23.8 Å². The first kappa shape index (κ1) is 17.5. The lowest BCUT2D eigenvalue weighted by molar-refractivity contribution is 0.390. The largest absolute Gasteiger partial charge is 0.497 e. The Morgan fingerprint density at radius 1 is 1.12 bits per heavy atom. The van der Waals surface area contributed by atoms with Gasteiger partial charge in [0.25, 0.3) is 0 Å². The van der Waals surface area contributed by atoms with Crippen LogP contribution in [0.1, 0.15) is 24.4 Å². The summed E-state index contributed by atoms with van der Waals surface area (Å²) in [5.74, 6) is 0.714. The van der Waals surface area contributed by atoms with Gasteiger partial charge < -0.3 is 4.74 Å². The van der Waals surface area contributed by atoms with Crippen molar-refractivity contribution in [2.24, 2.45) is 0 Å². The number of hydrogen-bond donors (Lipinski definition) is 0. The molecule has 128 valence electrons. The molecule has 0 N–H and O–H groups in total. The molecule has 4 nitrogen and oxygen atoms in total. The van der Waals surface area contributed by atoms with Gasteiger partial charge in [-0.2, -0.15) is 4.31 Å². The fourth-order valence-corrected chi connectivity index (χ4v) is 5.05. The van der Waals surface area contributed by atoms with Gasteiger partial charge in [0.2, 0.25) is 10.0 Å². The van der Waals surface area contributed by atoms with Gasteiger partial charge in [-0.05, 0) is 48.7 Å². The van der Waals surface area contributed by atoms with E-state index in [1.54, 1.807) is 7.11 Å². The van der Waals surface area contributed by atoms with E-state index in [-0.39, 0.29) is 16.0 Å². The van der Waals surface area contributed by atoms with Crippen LogP contribution in [0.3, 0.4) is 0 Å². The van der Waals surface area contributed by atoms with Gasteiger partial charge in [-0.25, -0.2) is 8.42 Å². The molecule has 0 aromatic heterocycles. The SMILES string of the molecule is COc1cccc([C@H]2CCCN2S(=O)(=O)c2ccc(Cl)c(Cl)c2)c1. The Labute approximate surface area is 152 Å². The first-order valence-corrected chi connectivity index (χ1v) is 9.74. The molecule has 0 aliphatic carbocycles. The Hall–Kier alpha value is -1.27. The van der Waals surface area contributed by atoms with Crippen molar-refractivity contribution in [3.05, 3.63) is 58.1 Å². The van der Waals surface area contributed by atoms with E-state index < -0.39 is 10.0 Å². The summed E-state index contributed by atoms with van der Waals surface area (Å²) in [5.41, 5.74) is 0.926. The normalized spacial score (nSPS) is 18.7. The van der Waals surface area contributed by atoms with Crippen LogP contribution in [0.4, 0.5) is 0 Å². The fourth-order valence-electron chi connectivity index (χ4n) is 2.98. The average Bonchev–Trinajstić information content (AvgIpc) is 3.08. The van der Waals surface area contributed by atoms with Crippen molar-refractivity contribution in [3.63, 3.8) is 0 Å². The fraction of sp³-hybridized carbons (Fsp3) is 0.294. The van der Waals surface area contributed by atoms with Crippen molar-refractivity contribution in [1.82, 2.24) is 4.31 Å². The number of benzene rings is 2. The van der Waals surface area contributed by atoms with Crippen LogP contribution in [0.5, 0.6) is 5.75 Å². The van der Waals surface area contributed by atoms with Crippen molar-refractivity contribution < 1.29 is 13.2 Å². The summed E-state index contributed by atoms with van der Waals surface area (Å²) in [7, 11) is -2.05. The van der Waals surface area contributed by atoms with Crippen molar-refractivity contribution >= 4 is 33.2 Å². The lowest BCUT2D eigenvalue weighted by Gasteiger charge is -2.25. The van der Waals surface area contributed by atoms with Gasteiger partial charge in [-0.1, -0.05) is 35.3 Å². The quantitative estimate of drug-likeness (QED) is 0.776. The second kappa shape index (κ2) is 6.92. The lowest BCUT2D eigenvalue weighted by Crippen LogP contribution is -2.30. The van der Waals surface area contributed by atoms with Crippen molar-refractivity contribution in [2.75, 3.05) is 13.7 Å². The predicted molar refractivity (Wildman–Crippen MR) is 95.3 cm³/mol. The summed E-state index contributed by atoms with van der Waals surface area (Å²) < 4.78 is 32.8. The van der Waals surface area contributed by atoms with E-state index >= 15 is 0 Å². The van der Waals surface area contributed by atoms with E-state index in [0.717, 1.165) is 18.4 Å². The zero-order chi connectivity index (χ0) is 17.3. The summed E-state index contributed by atoms with van der Waals surface area (Å²) in [6, 6.07) is 11.7. The summed E-state index contributed by atoms with van der Waals surface area (Å²) in [5, 5.41) is 0.566. The Balaban J connectivity index is 1.98.